The number of halogens is 1. The van der Waals surface area contributed by atoms with Crippen molar-refractivity contribution in [3.63, 3.8) is 0 Å². The number of hydrogen-bond donors (Lipinski definition) is 0. The van der Waals surface area contributed by atoms with Crippen LogP contribution in [-0.4, -0.2) is 33.6 Å². The van der Waals surface area contributed by atoms with Crippen LogP contribution in [0.3, 0.4) is 0 Å². The number of nitrogens with zero attached hydrogens (tertiary/aromatic N) is 3. The van der Waals surface area contributed by atoms with Gasteiger partial charge >= 0.3 is 0 Å². The third-order valence-corrected chi connectivity index (χ3v) is 4.94. The quantitative estimate of drug-likeness (QED) is 0.706. The van der Waals surface area contributed by atoms with Crippen LogP contribution in [0.2, 0.25) is 5.02 Å². The molecule has 2 heterocycles. The Balaban J connectivity index is 1.55. The second-order valence-electron chi connectivity index (χ2n) is 8.02. The summed E-state index contributed by atoms with van der Waals surface area (Å²) in [4.78, 5) is 11.3. The van der Waals surface area contributed by atoms with Gasteiger partial charge in [0.1, 0.15) is 11.3 Å². The number of rotatable bonds is 5. The fraction of sp³-hybridized carbons (Fsp3) is 0.455. The van der Waals surface area contributed by atoms with E-state index >= 15 is 0 Å². The van der Waals surface area contributed by atoms with Gasteiger partial charge in [0.05, 0.1) is 0 Å². The minimum atomic E-state index is -0.277. The van der Waals surface area contributed by atoms with E-state index in [0.29, 0.717) is 11.8 Å². The maximum atomic E-state index is 6.23. The van der Waals surface area contributed by atoms with Crippen molar-refractivity contribution in [2.75, 3.05) is 13.1 Å². The van der Waals surface area contributed by atoms with Crippen molar-refractivity contribution < 1.29 is 4.74 Å². The van der Waals surface area contributed by atoms with Crippen LogP contribution in [0.4, 0.5) is 0 Å². The van der Waals surface area contributed by atoms with Crippen molar-refractivity contribution in [3.05, 3.63) is 59.0 Å². The average molecular weight is 386 g/mol. The highest BCUT2D eigenvalue weighted by Gasteiger charge is 2.21. The number of likely N-dealkylation sites (tertiary alicyclic amines) is 1. The minimum Gasteiger partial charge on any atom is -0.471 e. The van der Waals surface area contributed by atoms with Gasteiger partial charge in [0.15, 0.2) is 0 Å². The van der Waals surface area contributed by atoms with Crippen molar-refractivity contribution in [1.29, 1.82) is 0 Å². The zero-order valence-electron chi connectivity index (χ0n) is 16.4. The summed E-state index contributed by atoms with van der Waals surface area (Å²) in [5.74, 6) is 1.23. The minimum absolute atomic E-state index is 0.277. The van der Waals surface area contributed by atoms with E-state index in [1.807, 2.05) is 39.0 Å². The molecule has 5 heteroatoms. The van der Waals surface area contributed by atoms with Crippen LogP contribution in [0.5, 0.6) is 5.88 Å². The molecule has 1 aromatic heterocycles. The molecule has 1 saturated heterocycles. The molecular weight excluding hydrogens is 358 g/mol. The Hall–Kier alpha value is -1.91. The maximum Gasteiger partial charge on any atom is 0.237 e. The predicted molar refractivity (Wildman–Crippen MR) is 111 cm³/mol. The molecule has 0 saturated carbocycles. The van der Waals surface area contributed by atoms with E-state index in [2.05, 4.69) is 33.1 Å². The average Bonchev–Trinajstić information content (AvgIpc) is 2.63. The summed E-state index contributed by atoms with van der Waals surface area (Å²) in [5, 5.41) is 0.806. The SMILES string of the molecule is CC(C)(C)Oc1nccnc1CN1CCC(C=Cc2ccccc2Cl)CC1. The summed E-state index contributed by atoms with van der Waals surface area (Å²) in [6, 6.07) is 7.97. The van der Waals surface area contributed by atoms with Gasteiger partial charge in [-0.05, 0) is 64.3 Å². The van der Waals surface area contributed by atoms with E-state index in [-0.39, 0.29) is 5.60 Å². The van der Waals surface area contributed by atoms with E-state index in [4.69, 9.17) is 16.3 Å². The molecule has 0 aliphatic carbocycles. The molecule has 3 rings (SSSR count). The molecule has 0 spiro atoms. The summed E-state index contributed by atoms with van der Waals surface area (Å²) in [6.07, 6.45) is 10.2. The predicted octanol–water partition coefficient (Wildman–Crippen LogP) is 5.23. The molecule has 1 fully saturated rings. The largest absolute Gasteiger partial charge is 0.471 e. The summed E-state index contributed by atoms with van der Waals surface area (Å²) in [7, 11) is 0. The molecule has 144 valence electrons. The molecule has 0 bridgehead atoms. The lowest BCUT2D eigenvalue weighted by Gasteiger charge is -2.31. The first-order valence-corrected chi connectivity index (χ1v) is 9.92. The molecule has 1 aromatic carbocycles. The van der Waals surface area contributed by atoms with E-state index in [1.54, 1.807) is 12.4 Å². The Kier molecular flexibility index (Phi) is 6.51. The number of allylic oxidation sites excluding steroid dienone is 1. The summed E-state index contributed by atoms with van der Waals surface area (Å²) in [5.41, 5.74) is 1.73. The summed E-state index contributed by atoms with van der Waals surface area (Å²) < 4.78 is 5.97. The van der Waals surface area contributed by atoms with Crippen molar-refractivity contribution in [3.8, 4) is 5.88 Å². The third kappa shape index (κ3) is 6.05. The highest BCUT2D eigenvalue weighted by atomic mass is 35.5. The van der Waals surface area contributed by atoms with E-state index in [9.17, 15) is 0 Å². The molecule has 0 N–H and O–H groups in total. The fourth-order valence-corrected chi connectivity index (χ4v) is 3.40. The summed E-state index contributed by atoms with van der Waals surface area (Å²) in [6.45, 7) is 8.96. The Morgan fingerprint density at radius 1 is 1.15 bits per heavy atom. The zero-order chi connectivity index (χ0) is 19.3. The van der Waals surface area contributed by atoms with Gasteiger partial charge in [0.25, 0.3) is 0 Å². The summed E-state index contributed by atoms with van der Waals surface area (Å²) >= 11 is 6.23. The smallest absolute Gasteiger partial charge is 0.237 e. The molecule has 0 atom stereocenters. The zero-order valence-corrected chi connectivity index (χ0v) is 17.1. The normalized spacial score (nSPS) is 16.7. The van der Waals surface area contributed by atoms with Crippen LogP contribution < -0.4 is 4.74 Å². The van der Waals surface area contributed by atoms with Crippen LogP contribution in [0.1, 0.15) is 44.9 Å². The topological polar surface area (TPSA) is 38.3 Å². The van der Waals surface area contributed by atoms with Gasteiger partial charge in [-0.1, -0.05) is 42.0 Å². The fourth-order valence-electron chi connectivity index (χ4n) is 3.20. The van der Waals surface area contributed by atoms with E-state index < -0.39 is 0 Å². The van der Waals surface area contributed by atoms with Crippen molar-refractivity contribution in [2.45, 2.75) is 45.8 Å². The lowest BCUT2D eigenvalue weighted by molar-refractivity contribution is 0.117. The Morgan fingerprint density at radius 2 is 1.85 bits per heavy atom. The molecule has 4 nitrogen and oxygen atoms in total. The van der Waals surface area contributed by atoms with Gasteiger partial charge < -0.3 is 4.74 Å². The number of piperidine rings is 1. The van der Waals surface area contributed by atoms with Crippen molar-refractivity contribution >= 4 is 17.7 Å². The Morgan fingerprint density at radius 3 is 2.56 bits per heavy atom. The molecule has 2 aromatic rings. The van der Waals surface area contributed by atoms with Crippen LogP contribution in [-0.2, 0) is 6.54 Å². The first-order valence-electron chi connectivity index (χ1n) is 9.55. The van der Waals surface area contributed by atoms with Gasteiger partial charge in [-0.15, -0.1) is 0 Å². The van der Waals surface area contributed by atoms with Gasteiger partial charge in [-0.2, -0.15) is 0 Å². The number of hydrogen-bond acceptors (Lipinski definition) is 4. The second-order valence-corrected chi connectivity index (χ2v) is 8.42. The monoisotopic (exact) mass is 385 g/mol. The molecular formula is C22H28ClN3O. The number of benzene rings is 1. The molecule has 0 radical (unpaired) electrons. The van der Waals surface area contributed by atoms with Crippen LogP contribution in [0.25, 0.3) is 6.08 Å². The first kappa shape index (κ1) is 19.8. The Labute approximate surface area is 167 Å². The lowest BCUT2D eigenvalue weighted by Crippen LogP contribution is -2.33. The molecule has 27 heavy (non-hydrogen) atoms. The molecule has 0 unspecified atom stereocenters. The van der Waals surface area contributed by atoms with Gasteiger partial charge in [0, 0.05) is 24.0 Å². The molecule has 0 amide bonds. The maximum absolute atomic E-state index is 6.23. The standard InChI is InChI=1S/C22H28ClN3O/c1-22(2,3)27-21-20(24-12-13-25-21)16-26-14-10-17(11-15-26)8-9-18-6-4-5-7-19(18)23/h4-9,12-13,17H,10-11,14-16H2,1-3H3. The van der Waals surface area contributed by atoms with Crippen molar-refractivity contribution in [2.24, 2.45) is 5.92 Å². The van der Waals surface area contributed by atoms with Gasteiger partial charge in [0.2, 0.25) is 5.88 Å². The van der Waals surface area contributed by atoms with Gasteiger partial charge in [-0.25, -0.2) is 4.98 Å². The first-order chi connectivity index (χ1) is 12.9. The van der Waals surface area contributed by atoms with Crippen LogP contribution >= 0.6 is 11.6 Å². The number of aromatic nitrogens is 2. The molecule has 1 aliphatic heterocycles. The van der Waals surface area contributed by atoms with Crippen molar-refractivity contribution in [1.82, 2.24) is 14.9 Å². The van der Waals surface area contributed by atoms with Crippen LogP contribution in [0.15, 0.2) is 42.7 Å². The highest BCUT2D eigenvalue weighted by molar-refractivity contribution is 6.32. The molecule has 1 aliphatic rings. The van der Waals surface area contributed by atoms with Crippen LogP contribution in [0, 0.1) is 5.92 Å². The second kappa shape index (κ2) is 8.85. The third-order valence-electron chi connectivity index (χ3n) is 4.60. The highest BCUT2D eigenvalue weighted by Crippen LogP contribution is 2.25. The van der Waals surface area contributed by atoms with Gasteiger partial charge in [-0.3, -0.25) is 9.88 Å². The number of ether oxygens (including phenoxy) is 1. The lowest BCUT2D eigenvalue weighted by atomic mass is 9.95. The van der Waals surface area contributed by atoms with E-state index in [1.165, 1.54) is 0 Å². The van der Waals surface area contributed by atoms with E-state index in [0.717, 1.165) is 48.8 Å². The Bertz CT molecular complexity index is 777.